The average Bonchev–Trinajstić information content (AvgIpc) is 3.18. The Morgan fingerprint density at radius 1 is 0.643 bits per heavy atom. The zero-order valence-corrected chi connectivity index (χ0v) is 35.3. The number of unbranched alkanes of at least 4 members (excludes halogenated alkanes) is 8. The zero-order valence-electron chi connectivity index (χ0n) is 34.4. The van der Waals surface area contributed by atoms with E-state index in [0.29, 0.717) is 32.1 Å². The van der Waals surface area contributed by atoms with Crippen LogP contribution in [0.2, 0.25) is 0 Å². The third-order valence-corrected chi connectivity index (χ3v) is 9.02. The summed E-state index contributed by atoms with van der Waals surface area (Å²) in [5.41, 5.74) is 5.33. The standard InChI is InChI=1S/C45H74NO9P/c1-3-5-7-9-11-12-13-14-15-16-17-18-19-20-24-28-32-36-44(48)52-40-43(41-54-56(50,51)53-39-38-46)55-45(49)37-33-29-25-22-21-23-27-31-35-42(47)34-30-26-10-8-6-4-2/h6,8,11-12,14-15,17-18,22-23,25-27,30-31,35,42-43,47H,3-5,7,9-10,13,16,19-21,24,28-29,32-34,36-41,46H2,1-2H3,(H,50,51)/b8-6-,12-11-,15-14-,18-17-,25-22-,27-23-,30-26-,35-31+/t42?,43-/m1/s1. The molecule has 11 heteroatoms. The number of hydrogen-bond acceptors (Lipinski definition) is 9. The van der Waals surface area contributed by atoms with Gasteiger partial charge in [0.1, 0.15) is 6.61 Å². The van der Waals surface area contributed by atoms with Crippen LogP contribution in [0.3, 0.4) is 0 Å². The number of allylic oxidation sites excluding steroid dienone is 14. The lowest BCUT2D eigenvalue weighted by atomic mass is 10.1. The Labute approximate surface area is 339 Å². The van der Waals surface area contributed by atoms with Crippen LogP contribution in [0.5, 0.6) is 0 Å². The van der Waals surface area contributed by atoms with Gasteiger partial charge in [-0.1, -0.05) is 137 Å². The summed E-state index contributed by atoms with van der Waals surface area (Å²) in [6, 6.07) is 0. The third-order valence-electron chi connectivity index (χ3n) is 8.03. The molecule has 0 rings (SSSR count). The van der Waals surface area contributed by atoms with Gasteiger partial charge in [0, 0.05) is 19.4 Å². The number of esters is 2. The van der Waals surface area contributed by atoms with E-state index in [1.54, 1.807) is 6.08 Å². The van der Waals surface area contributed by atoms with E-state index in [9.17, 15) is 24.2 Å². The van der Waals surface area contributed by atoms with E-state index in [0.717, 1.165) is 51.4 Å². The van der Waals surface area contributed by atoms with Crippen LogP contribution >= 0.6 is 7.82 Å². The molecule has 0 saturated carbocycles. The highest BCUT2D eigenvalue weighted by molar-refractivity contribution is 7.47. The van der Waals surface area contributed by atoms with Crippen LogP contribution in [0.4, 0.5) is 0 Å². The maximum absolute atomic E-state index is 12.5. The molecule has 0 aromatic carbocycles. The van der Waals surface area contributed by atoms with Gasteiger partial charge >= 0.3 is 19.8 Å². The first-order chi connectivity index (χ1) is 27.2. The molecule has 0 radical (unpaired) electrons. The second-order valence-corrected chi connectivity index (χ2v) is 14.8. The zero-order chi connectivity index (χ0) is 41.2. The molecule has 10 nitrogen and oxygen atoms in total. The molecule has 0 bridgehead atoms. The number of carbonyl (C=O) groups excluding carboxylic acids is 2. The quantitative estimate of drug-likeness (QED) is 0.0182. The molecule has 56 heavy (non-hydrogen) atoms. The minimum Gasteiger partial charge on any atom is -0.462 e. The van der Waals surface area contributed by atoms with Crippen molar-refractivity contribution in [3.63, 3.8) is 0 Å². The molecule has 318 valence electrons. The van der Waals surface area contributed by atoms with Gasteiger partial charge in [0.05, 0.1) is 19.3 Å². The fraction of sp³-hybridized carbons (Fsp3) is 0.600. The van der Waals surface area contributed by atoms with Crippen molar-refractivity contribution in [1.82, 2.24) is 0 Å². The number of ether oxygens (including phenoxy) is 2. The van der Waals surface area contributed by atoms with Crippen LogP contribution in [-0.4, -0.2) is 60.5 Å². The molecule has 0 spiro atoms. The highest BCUT2D eigenvalue weighted by Gasteiger charge is 2.25. The van der Waals surface area contributed by atoms with E-state index < -0.39 is 38.6 Å². The van der Waals surface area contributed by atoms with E-state index >= 15 is 0 Å². The first-order valence-corrected chi connectivity index (χ1v) is 22.3. The molecule has 0 fully saturated rings. The minimum absolute atomic E-state index is 0.0253. The first kappa shape index (κ1) is 52.9. The lowest BCUT2D eigenvalue weighted by molar-refractivity contribution is -0.161. The Bertz CT molecular complexity index is 1250. The van der Waals surface area contributed by atoms with Gasteiger partial charge in [-0.15, -0.1) is 0 Å². The number of phosphoric ester groups is 1. The first-order valence-electron chi connectivity index (χ1n) is 20.8. The van der Waals surface area contributed by atoms with Gasteiger partial charge in [-0.25, -0.2) is 4.57 Å². The highest BCUT2D eigenvalue weighted by Crippen LogP contribution is 2.43. The second kappa shape index (κ2) is 40.1. The van der Waals surface area contributed by atoms with Gasteiger partial charge in [-0.2, -0.15) is 0 Å². The Morgan fingerprint density at radius 2 is 1.21 bits per heavy atom. The third kappa shape index (κ3) is 39.1. The summed E-state index contributed by atoms with van der Waals surface area (Å²) in [4.78, 5) is 34.8. The van der Waals surface area contributed by atoms with Crippen molar-refractivity contribution in [2.45, 2.75) is 148 Å². The van der Waals surface area contributed by atoms with Crippen LogP contribution in [-0.2, 0) is 32.7 Å². The van der Waals surface area contributed by atoms with Crippen LogP contribution in [0.1, 0.15) is 136 Å². The fourth-order valence-corrected chi connectivity index (χ4v) is 5.70. The number of carbonyl (C=O) groups is 2. The molecule has 0 aliphatic heterocycles. The maximum Gasteiger partial charge on any atom is 0.472 e. The molecular formula is C45H74NO9P. The van der Waals surface area contributed by atoms with Gasteiger partial charge < -0.3 is 25.2 Å². The Kier molecular flexibility index (Phi) is 37.9. The van der Waals surface area contributed by atoms with Crippen molar-refractivity contribution in [2.24, 2.45) is 5.73 Å². The van der Waals surface area contributed by atoms with Crippen LogP contribution in [0.25, 0.3) is 0 Å². The monoisotopic (exact) mass is 804 g/mol. The van der Waals surface area contributed by atoms with Crippen LogP contribution in [0.15, 0.2) is 97.2 Å². The summed E-state index contributed by atoms with van der Waals surface area (Å²) in [5.74, 6) is -0.973. The minimum atomic E-state index is -4.42. The second-order valence-electron chi connectivity index (χ2n) is 13.3. The highest BCUT2D eigenvalue weighted by atomic mass is 31.2. The fourth-order valence-electron chi connectivity index (χ4n) is 4.94. The van der Waals surface area contributed by atoms with Gasteiger partial charge in [-0.3, -0.25) is 18.6 Å². The molecule has 0 aromatic heterocycles. The van der Waals surface area contributed by atoms with Crippen molar-refractivity contribution in [3.05, 3.63) is 97.2 Å². The van der Waals surface area contributed by atoms with Gasteiger partial charge in [0.2, 0.25) is 0 Å². The molecule has 0 amide bonds. The lowest BCUT2D eigenvalue weighted by Crippen LogP contribution is -2.29. The number of hydrogen-bond donors (Lipinski definition) is 3. The van der Waals surface area contributed by atoms with E-state index in [1.807, 2.05) is 42.5 Å². The summed E-state index contributed by atoms with van der Waals surface area (Å²) in [7, 11) is -4.42. The summed E-state index contributed by atoms with van der Waals surface area (Å²) >= 11 is 0. The number of nitrogens with two attached hydrogens (primary N) is 1. The Morgan fingerprint density at radius 3 is 1.88 bits per heavy atom. The molecule has 0 aliphatic rings. The summed E-state index contributed by atoms with van der Waals surface area (Å²) in [6.07, 6.45) is 47.6. The van der Waals surface area contributed by atoms with Crippen molar-refractivity contribution in [3.8, 4) is 0 Å². The SMILES string of the molecule is CC/C=C\C/C=C\CC(O)/C=C/C=C\C/C=C\CCCC(=O)O[C@H](COC(=O)CCCCCC/C=C\C/C=C\C/C=C\CCCCC)COP(=O)(O)OCCN. The lowest BCUT2D eigenvalue weighted by Gasteiger charge is -2.19. The van der Waals surface area contributed by atoms with E-state index in [-0.39, 0.29) is 32.6 Å². The van der Waals surface area contributed by atoms with Gasteiger partial charge in [0.25, 0.3) is 0 Å². The molecule has 3 atom stereocenters. The molecule has 0 saturated heterocycles. The smallest absolute Gasteiger partial charge is 0.462 e. The van der Waals surface area contributed by atoms with Crippen LogP contribution < -0.4 is 5.73 Å². The predicted molar refractivity (Wildman–Crippen MR) is 230 cm³/mol. The summed E-state index contributed by atoms with van der Waals surface area (Å²) in [5, 5.41) is 10.0. The summed E-state index contributed by atoms with van der Waals surface area (Å²) < 4.78 is 32.6. The molecular weight excluding hydrogens is 729 g/mol. The van der Waals surface area contributed by atoms with E-state index in [1.165, 1.54) is 25.7 Å². The van der Waals surface area contributed by atoms with Crippen molar-refractivity contribution >= 4 is 19.8 Å². The topological polar surface area (TPSA) is 155 Å². The Balaban J connectivity index is 4.41. The van der Waals surface area contributed by atoms with Gasteiger partial charge in [0.15, 0.2) is 6.10 Å². The van der Waals surface area contributed by atoms with Crippen LogP contribution in [0, 0.1) is 0 Å². The van der Waals surface area contributed by atoms with E-state index in [2.05, 4.69) is 62.5 Å². The number of aliphatic hydroxyl groups is 1. The maximum atomic E-state index is 12.5. The van der Waals surface area contributed by atoms with E-state index in [4.69, 9.17) is 24.3 Å². The molecule has 0 heterocycles. The Hall–Kier alpha value is -3.11. The van der Waals surface area contributed by atoms with Crippen molar-refractivity contribution in [2.75, 3.05) is 26.4 Å². The predicted octanol–water partition coefficient (Wildman–Crippen LogP) is 10.8. The van der Waals surface area contributed by atoms with Crippen molar-refractivity contribution < 1.29 is 42.7 Å². The average molecular weight is 804 g/mol. The molecule has 4 N–H and O–H groups in total. The summed E-state index contributed by atoms with van der Waals surface area (Å²) in [6.45, 7) is 3.37. The molecule has 0 aromatic rings. The normalized spacial score (nSPS) is 14.9. The molecule has 0 aliphatic carbocycles. The number of rotatable bonds is 37. The largest absolute Gasteiger partial charge is 0.472 e. The number of aliphatic hydroxyl groups excluding tert-OH is 1. The van der Waals surface area contributed by atoms with Gasteiger partial charge in [-0.05, 0) is 83.5 Å². The molecule has 2 unspecified atom stereocenters. The van der Waals surface area contributed by atoms with Crippen molar-refractivity contribution in [1.29, 1.82) is 0 Å². The number of phosphoric acid groups is 1.